The molecule has 9 heteroatoms. The average molecular weight is 375 g/mol. The number of nitrogens with one attached hydrogen (secondary N) is 1. The molecule has 1 heterocycles. The molecule has 0 saturated heterocycles. The zero-order chi connectivity index (χ0) is 19.2. The van der Waals surface area contributed by atoms with Crippen LogP contribution in [-0.2, 0) is 6.61 Å². The van der Waals surface area contributed by atoms with E-state index in [1.165, 1.54) is 36.4 Å². The van der Waals surface area contributed by atoms with Gasteiger partial charge in [0, 0.05) is 0 Å². The van der Waals surface area contributed by atoms with Gasteiger partial charge in [0.05, 0.1) is 6.20 Å². The molecule has 0 unspecified atom stereocenters. The summed E-state index contributed by atoms with van der Waals surface area (Å²) >= 11 is 0. The number of hydrogen-bond acceptors (Lipinski definition) is 5. The summed E-state index contributed by atoms with van der Waals surface area (Å²) in [6.07, 6.45) is -0.204. The first kappa shape index (κ1) is 18.2. The van der Waals surface area contributed by atoms with E-state index < -0.39 is 23.5 Å². The molecule has 0 radical (unpaired) electrons. The fraction of sp³-hybridized carbons (Fsp3) is 0.0556. The molecule has 138 valence electrons. The van der Waals surface area contributed by atoms with Crippen LogP contribution in [0, 0.1) is 17.5 Å². The van der Waals surface area contributed by atoms with Gasteiger partial charge in [-0.15, -0.1) is 0 Å². The number of ether oxygens (including phenoxy) is 2. The lowest BCUT2D eigenvalue weighted by Crippen LogP contribution is -2.19. The lowest BCUT2D eigenvalue weighted by molar-refractivity contribution is 0.214. The van der Waals surface area contributed by atoms with E-state index in [2.05, 4.69) is 15.3 Å². The van der Waals surface area contributed by atoms with Crippen LogP contribution in [-0.4, -0.2) is 16.1 Å². The topological polar surface area (TPSA) is 73.3 Å². The van der Waals surface area contributed by atoms with Crippen molar-refractivity contribution in [2.24, 2.45) is 0 Å². The second kappa shape index (κ2) is 8.17. The molecule has 0 aliphatic carbocycles. The van der Waals surface area contributed by atoms with Gasteiger partial charge in [-0.2, -0.15) is 4.98 Å². The Kier molecular flexibility index (Phi) is 5.50. The van der Waals surface area contributed by atoms with Crippen LogP contribution in [0.4, 0.5) is 23.8 Å². The van der Waals surface area contributed by atoms with E-state index in [1.807, 2.05) is 0 Å². The molecule has 0 spiro atoms. The molecular weight excluding hydrogens is 363 g/mol. The SMILES string of the molecule is O=C(Nc1nc(OCc2ccc(F)cc2)ncc1F)Oc1ccc(F)cc1. The highest BCUT2D eigenvalue weighted by molar-refractivity contribution is 5.85. The molecule has 2 aromatic carbocycles. The van der Waals surface area contributed by atoms with Gasteiger partial charge in [0.1, 0.15) is 24.0 Å². The molecule has 0 aliphatic rings. The van der Waals surface area contributed by atoms with Crippen LogP contribution in [0.1, 0.15) is 5.56 Å². The molecule has 3 aromatic rings. The number of nitrogens with zero attached hydrogens (tertiary/aromatic N) is 2. The monoisotopic (exact) mass is 375 g/mol. The third-order valence-corrected chi connectivity index (χ3v) is 3.25. The van der Waals surface area contributed by atoms with Crippen molar-refractivity contribution in [2.45, 2.75) is 6.61 Å². The van der Waals surface area contributed by atoms with E-state index in [0.717, 1.165) is 18.3 Å². The predicted octanol–water partition coefficient (Wildman–Crippen LogP) is 4.08. The molecule has 0 saturated carbocycles. The second-order valence-corrected chi connectivity index (χ2v) is 5.23. The maximum atomic E-state index is 13.8. The molecule has 3 rings (SSSR count). The number of benzene rings is 2. The first-order chi connectivity index (χ1) is 13.0. The van der Waals surface area contributed by atoms with Gasteiger partial charge in [0.2, 0.25) is 0 Å². The van der Waals surface area contributed by atoms with Gasteiger partial charge in [-0.1, -0.05) is 12.1 Å². The lowest BCUT2D eigenvalue weighted by Gasteiger charge is -2.09. The van der Waals surface area contributed by atoms with Gasteiger partial charge in [-0.25, -0.2) is 22.9 Å². The molecule has 0 atom stereocenters. The van der Waals surface area contributed by atoms with Crippen molar-refractivity contribution in [3.63, 3.8) is 0 Å². The highest BCUT2D eigenvalue weighted by atomic mass is 19.1. The molecule has 27 heavy (non-hydrogen) atoms. The van der Waals surface area contributed by atoms with E-state index >= 15 is 0 Å². The maximum Gasteiger partial charge on any atom is 0.418 e. The number of anilines is 1. The van der Waals surface area contributed by atoms with Crippen LogP contribution < -0.4 is 14.8 Å². The normalized spacial score (nSPS) is 10.3. The zero-order valence-corrected chi connectivity index (χ0v) is 13.7. The summed E-state index contributed by atoms with van der Waals surface area (Å²) in [4.78, 5) is 19.2. The third-order valence-electron chi connectivity index (χ3n) is 3.25. The Morgan fingerprint density at radius 1 is 0.963 bits per heavy atom. The number of carbonyl (C=O) groups excluding carboxylic acids is 1. The first-order valence-corrected chi connectivity index (χ1v) is 7.64. The van der Waals surface area contributed by atoms with E-state index in [1.54, 1.807) is 0 Å². The largest absolute Gasteiger partial charge is 0.459 e. The highest BCUT2D eigenvalue weighted by Crippen LogP contribution is 2.16. The standard InChI is InChI=1S/C18H12F3N3O3/c19-12-3-1-11(2-4-12)10-26-17-22-9-15(21)16(23-17)24-18(25)27-14-7-5-13(20)6-8-14/h1-9H,10H2,(H,22,23,24,25). The Labute approximate surface area is 151 Å². The lowest BCUT2D eigenvalue weighted by atomic mass is 10.2. The molecule has 1 N–H and O–H groups in total. The number of amides is 1. The molecule has 6 nitrogen and oxygen atoms in total. The van der Waals surface area contributed by atoms with Gasteiger partial charge < -0.3 is 9.47 Å². The van der Waals surface area contributed by atoms with E-state index in [-0.39, 0.29) is 24.2 Å². The van der Waals surface area contributed by atoms with E-state index in [0.29, 0.717) is 5.56 Å². The Balaban J connectivity index is 1.63. The Morgan fingerprint density at radius 2 is 1.59 bits per heavy atom. The van der Waals surface area contributed by atoms with Crippen molar-refractivity contribution in [3.05, 3.63) is 77.7 Å². The molecular formula is C18H12F3N3O3. The predicted molar refractivity (Wildman–Crippen MR) is 88.8 cm³/mol. The van der Waals surface area contributed by atoms with Gasteiger partial charge in [-0.3, -0.25) is 5.32 Å². The minimum Gasteiger partial charge on any atom is -0.459 e. The molecule has 0 aliphatic heterocycles. The number of carbonyl (C=O) groups is 1. The summed E-state index contributed by atoms with van der Waals surface area (Å²) in [5, 5.41) is 2.11. The smallest absolute Gasteiger partial charge is 0.418 e. The van der Waals surface area contributed by atoms with E-state index in [4.69, 9.17) is 9.47 Å². The summed E-state index contributed by atoms with van der Waals surface area (Å²) < 4.78 is 49.7. The van der Waals surface area contributed by atoms with Gasteiger partial charge in [-0.05, 0) is 42.0 Å². The fourth-order valence-electron chi connectivity index (χ4n) is 1.97. The summed E-state index contributed by atoms with van der Waals surface area (Å²) in [6.45, 7) is 0.0192. The quantitative estimate of drug-likeness (QED) is 0.727. The van der Waals surface area contributed by atoms with Gasteiger partial charge >= 0.3 is 12.1 Å². The maximum absolute atomic E-state index is 13.8. The van der Waals surface area contributed by atoms with Crippen LogP contribution >= 0.6 is 0 Å². The first-order valence-electron chi connectivity index (χ1n) is 7.64. The minimum atomic E-state index is -1.02. The fourth-order valence-corrected chi connectivity index (χ4v) is 1.97. The van der Waals surface area contributed by atoms with Crippen molar-refractivity contribution in [1.82, 2.24) is 9.97 Å². The number of halogens is 3. The summed E-state index contributed by atoms with van der Waals surface area (Å²) in [5.74, 6) is -2.17. The van der Waals surface area contributed by atoms with Crippen LogP contribution in [0.25, 0.3) is 0 Å². The van der Waals surface area contributed by atoms with Crippen molar-refractivity contribution >= 4 is 11.9 Å². The zero-order valence-electron chi connectivity index (χ0n) is 13.7. The molecule has 0 fully saturated rings. The number of hydrogen-bond donors (Lipinski definition) is 1. The van der Waals surface area contributed by atoms with Crippen LogP contribution in [0.3, 0.4) is 0 Å². The van der Waals surface area contributed by atoms with Crippen LogP contribution in [0.5, 0.6) is 11.8 Å². The van der Waals surface area contributed by atoms with Crippen molar-refractivity contribution in [3.8, 4) is 11.8 Å². The van der Waals surface area contributed by atoms with Gasteiger partial charge in [0.15, 0.2) is 11.6 Å². The van der Waals surface area contributed by atoms with Crippen LogP contribution in [0.15, 0.2) is 54.7 Å². The number of aromatic nitrogens is 2. The van der Waals surface area contributed by atoms with Gasteiger partial charge in [0.25, 0.3) is 0 Å². The molecule has 1 amide bonds. The Bertz CT molecular complexity index is 935. The Morgan fingerprint density at radius 3 is 2.26 bits per heavy atom. The minimum absolute atomic E-state index is 0.0192. The van der Waals surface area contributed by atoms with Crippen LogP contribution in [0.2, 0.25) is 0 Å². The second-order valence-electron chi connectivity index (χ2n) is 5.23. The highest BCUT2D eigenvalue weighted by Gasteiger charge is 2.13. The molecule has 1 aromatic heterocycles. The van der Waals surface area contributed by atoms with Crippen molar-refractivity contribution in [1.29, 1.82) is 0 Å². The summed E-state index contributed by atoms with van der Waals surface area (Å²) in [6, 6.07) is 10.1. The average Bonchev–Trinajstić information content (AvgIpc) is 2.65. The molecule has 0 bridgehead atoms. The van der Waals surface area contributed by atoms with Crippen molar-refractivity contribution < 1.29 is 27.4 Å². The number of rotatable bonds is 5. The van der Waals surface area contributed by atoms with Crippen molar-refractivity contribution in [2.75, 3.05) is 5.32 Å². The third kappa shape index (κ3) is 5.18. The summed E-state index contributed by atoms with van der Waals surface area (Å²) in [7, 11) is 0. The Hall–Kier alpha value is -3.62. The van der Waals surface area contributed by atoms with E-state index in [9.17, 15) is 18.0 Å². The summed E-state index contributed by atoms with van der Waals surface area (Å²) in [5.41, 5.74) is 0.648.